The van der Waals surface area contributed by atoms with Crippen molar-refractivity contribution >= 4 is 17.8 Å². The molecule has 0 radical (unpaired) electrons. The van der Waals surface area contributed by atoms with Crippen LogP contribution in [0.5, 0.6) is 0 Å². The van der Waals surface area contributed by atoms with Crippen molar-refractivity contribution in [2.45, 2.75) is 24.8 Å². The Morgan fingerprint density at radius 1 is 0.844 bits per heavy atom. The number of hydrogen-bond donors (Lipinski definition) is 2. The van der Waals surface area contributed by atoms with Crippen LogP contribution in [0.2, 0.25) is 0 Å². The molecule has 1 atom stereocenters. The minimum Gasteiger partial charge on any atom is -0.480 e. The number of hydrogen-bond acceptors (Lipinski definition) is 4. The zero-order chi connectivity index (χ0) is 22.5. The van der Waals surface area contributed by atoms with E-state index in [0.29, 0.717) is 5.56 Å². The molecule has 3 aromatic carbocycles. The Morgan fingerprint density at radius 3 is 2.00 bits per heavy atom. The summed E-state index contributed by atoms with van der Waals surface area (Å²) >= 11 is 0. The summed E-state index contributed by atoms with van der Waals surface area (Å²) in [4.78, 5) is 36.2. The Balaban J connectivity index is 1.36. The molecule has 32 heavy (non-hydrogen) atoms. The maximum atomic E-state index is 12.4. The van der Waals surface area contributed by atoms with Crippen LogP contribution in [0.4, 0.5) is 4.79 Å². The van der Waals surface area contributed by atoms with Gasteiger partial charge < -0.3 is 15.2 Å². The molecule has 3 aromatic rings. The monoisotopic (exact) mass is 429 g/mol. The van der Waals surface area contributed by atoms with Crippen molar-refractivity contribution in [2.24, 2.45) is 0 Å². The Labute approximate surface area is 185 Å². The molecule has 0 saturated carbocycles. The smallest absolute Gasteiger partial charge is 0.407 e. The molecule has 162 valence electrons. The van der Waals surface area contributed by atoms with Crippen molar-refractivity contribution < 1.29 is 24.2 Å². The number of ketones is 1. The van der Waals surface area contributed by atoms with Crippen molar-refractivity contribution in [3.8, 4) is 11.1 Å². The highest BCUT2D eigenvalue weighted by Crippen LogP contribution is 2.44. The van der Waals surface area contributed by atoms with Gasteiger partial charge in [-0.2, -0.15) is 0 Å². The van der Waals surface area contributed by atoms with Gasteiger partial charge in [0.1, 0.15) is 12.6 Å². The predicted octanol–water partition coefficient (Wildman–Crippen LogP) is 4.64. The van der Waals surface area contributed by atoms with Crippen LogP contribution < -0.4 is 5.32 Å². The summed E-state index contributed by atoms with van der Waals surface area (Å²) in [5.41, 5.74) is 4.88. The van der Waals surface area contributed by atoms with E-state index >= 15 is 0 Å². The average molecular weight is 429 g/mol. The number of nitrogens with one attached hydrogen (secondary N) is 1. The fraction of sp³-hybridized carbons (Fsp3) is 0.192. The lowest BCUT2D eigenvalue weighted by Crippen LogP contribution is -2.41. The van der Waals surface area contributed by atoms with Gasteiger partial charge in [0.05, 0.1) is 0 Å². The van der Waals surface area contributed by atoms with Gasteiger partial charge in [-0.1, -0.05) is 78.9 Å². The van der Waals surface area contributed by atoms with E-state index in [1.165, 1.54) is 0 Å². The Bertz CT molecular complexity index is 1100. The largest absolute Gasteiger partial charge is 0.480 e. The van der Waals surface area contributed by atoms with Crippen molar-refractivity contribution in [3.05, 3.63) is 95.6 Å². The third-order valence-electron chi connectivity index (χ3n) is 5.69. The third-order valence-corrected chi connectivity index (χ3v) is 5.69. The highest BCUT2D eigenvalue weighted by Gasteiger charge is 2.29. The predicted molar refractivity (Wildman–Crippen MR) is 120 cm³/mol. The summed E-state index contributed by atoms with van der Waals surface area (Å²) in [5, 5.41) is 11.8. The molecule has 0 heterocycles. The molecule has 6 heteroatoms. The molecule has 0 saturated heterocycles. The first kappa shape index (κ1) is 21.3. The molecule has 0 fully saturated rings. The van der Waals surface area contributed by atoms with Gasteiger partial charge in [-0.3, -0.25) is 4.79 Å². The first-order valence-corrected chi connectivity index (χ1v) is 10.5. The molecule has 0 spiro atoms. The number of Topliss-reactive ketones (excluding diaryl/α,β-unsaturated/α-hetero) is 1. The highest BCUT2D eigenvalue weighted by molar-refractivity contribution is 5.96. The van der Waals surface area contributed by atoms with E-state index in [4.69, 9.17) is 4.74 Å². The average Bonchev–Trinajstić information content (AvgIpc) is 3.14. The number of fused-ring (bicyclic) bond motifs is 3. The van der Waals surface area contributed by atoms with Gasteiger partial charge in [-0.15, -0.1) is 0 Å². The number of carboxylic acid groups (broad SMARTS) is 1. The van der Waals surface area contributed by atoms with Crippen molar-refractivity contribution in [1.82, 2.24) is 5.32 Å². The second kappa shape index (κ2) is 9.47. The number of aliphatic carboxylic acids is 1. The summed E-state index contributed by atoms with van der Waals surface area (Å²) in [6.45, 7) is 0.0924. The molecule has 1 amide bonds. The lowest BCUT2D eigenvalue weighted by atomic mass is 9.98. The lowest BCUT2D eigenvalue weighted by Gasteiger charge is -2.17. The molecular formula is C26H23NO5. The zero-order valence-electron chi connectivity index (χ0n) is 17.4. The van der Waals surface area contributed by atoms with E-state index in [9.17, 15) is 19.5 Å². The van der Waals surface area contributed by atoms with Crippen LogP contribution in [0.3, 0.4) is 0 Å². The summed E-state index contributed by atoms with van der Waals surface area (Å²) < 4.78 is 5.41. The van der Waals surface area contributed by atoms with Crippen LogP contribution in [-0.4, -0.2) is 35.6 Å². The first-order valence-electron chi connectivity index (χ1n) is 10.5. The molecule has 2 N–H and O–H groups in total. The second-order valence-electron chi connectivity index (χ2n) is 7.69. The lowest BCUT2D eigenvalue weighted by molar-refractivity contribution is -0.139. The van der Waals surface area contributed by atoms with Crippen LogP contribution in [0.25, 0.3) is 11.1 Å². The zero-order valence-corrected chi connectivity index (χ0v) is 17.4. The minimum atomic E-state index is -1.21. The maximum Gasteiger partial charge on any atom is 0.407 e. The summed E-state index contributed by atoms with van der Waals surface area (Å²) in [7, 11) is 0. The maximum absolute atomic E-state index is 12.4. The van der Waals surface area contributed by atoms with E-state index in [2.05, 4.69) is 5.32 Å². The number of ether oxygens (including phenoxy) is 1. The first-order chi connectivity index (χ1) is 15.5. The van der Waals surface area contributed by atoms with Crippen LogP contribution in [-0.2, 0) is 9.53 Å². The van der Waals surface area contributed by atoms with Gasteiger partial charge in [0, 0.05) is 17.9 Å². The number of carbonyl (C=O) groups excluding carboxylic acids is 2. The van der Waals surface area contributed by atoms with Gasteiger partial charge in [-0.25, -0.2) is 9.59 Å². The summed E-state index contributed by atoms with van der Waals surface area (Å²) in [6, 6.07) is 23.4. The van der Waals surface area contributed by atoms with Crippen LogP contribution in [0.15, 0.2) is 78.9 Å². The topological polar surface area (TPSA) is 92.7 Å². The molecule has 1 aliphatic rings. The van der Waals surface area contributed by atoms with Crippen molar-refractivity contribution in [1.29, 1.82) is 0 Å². The number of benzene rings is 3. The Hall–Kier alpha value is -3.93. The molecule has 0 bridgehead atoms. The van der Waals surface area contributed by atoms with Crippen LogP contribution in [0.1, 0.15) is 40.2 Å². The summed E-state index contributed by atoms with van der Waals surface area (Å²) in [5.74, 6) is -1.50. The molecule has 1 aliphatic carbocycles. The molecule has 1 unspecified atom stereocenters. The number of carbonyl (C=O) groups is 3. The molecular weight excluding hydrogens is 406 g/mol. The Morgan fingerprint density at radius 2 is 1.41 bits per heavy atom. The standard InChI is InChI=1S/C26H23NO5/c28-24(17-8-2-1-3-9-17)15-14-23(25(29)30)27-26(31)32-16-22-20-12-6-4-10-18(20)19-11-5-7-13-21(19)22/h1-13,22-23H,14-16H2,(H,27,31)(H,29,30). The second-order valence-corrected chi connectivity index (χ2v) is 7.69. The number of alkyl carbamates (subject to hydrolysis) is 1. The van der Waals surface area contributed by atoms with Crippen molar-refractivity contribution in [3.63, 3.8) is 0 Å². The van der Waals surface area contributed by atoms with Gasteiger partial charge in [0.2, 0.25) is 0 Å². The quantitative estimate of drug-likeness (QED) is 0.509. The van der Waals surface area contributed by atoms with Gasteiger partial charge >= 0.3 is 12.1 Å². The van der Waals surface area contributed by atoms with Crippen LogP contribution >= 0.6 is 0 Å². The molecule has 0 aromatic heterocycles. The van der Waals surface area contributed by atoms with E-state index in [-0.39, 0.29) is 31.1 Å². The van der Waals surface area contributed by atoms with E-state index in [1.54, 1.807) is 30.3 Å². The molecule has 0 aliphatic heterocycles. The molecule has 6 nitrogen and oxygen atoms in total. The fourth-order valence-electron chi connectivity index (χ4n) is 4.08. The van der Waals surface area contributed by atoms with Crippen LogP contribution in [0, 0.1) is 0 Å². The Kier molecular flexibility index (Phi) is 6.31. The van der Waals surface area contributed by atoms with E-state index < -0.39 is 18.1 Å². The van der Waals surface area contributed by atoms with Gasteiger partial charge in [-0.05, 0) is 28.7 Å². The summed E-state index contributed by atoms with van der Waals surface area (Å²) in [6.07, 6.45) is -0.829. The number of amides is 1. The minimum absolute atomic E-state index is 0.00460. The highest BCUT2D eigenvalue weighted by atomic mass is 16.5. The van der Waals surface area contributed by atoms with E-state index in [0.717, 1.165) is 22.3 Å². The normalized spacial score (nSPS) is 13.0. The van der Waals surface area contributed by atoms with E-state index in [1.807, 2.05) is 48.5 Å². The number of carboxylic acids is 1. The number of rotatable bonds is 8. The fourth-order valence-corrected chi connectivity index (χ4v) is 4.08. The molecule has 4 rings (SSSR count). The van der Waals surface area contributed by atoms with Crippen molar-refractivity contribution in [2.75, 3.05) is 6.61 Å². The van der Waals surface area contributed by atoms with Gasteiger partial charge in [0.25, 0.3) is 0 Å². The SMILES string of the molecule is O=C(NC(CCC(=O)c1ccccc1)C(=O)O)OCC1c2ccccc2-c2ccccc21. The van der Waals surface area contributed by atoms with Gasteiger partial charge in [0.15, 0.2) is 5.78 Å². The third kappa shape index (κ3) is 4.54.